The third kappa shape index (κ3) is 2.39. The molecule has 112 valence electrons. The van der Waals surface area contributed by atoms with Gasteiger partial charge in [-0.1, -0.05) is 0 Å². The molecule has 1 atom stereocenters. The van der Waals surface area contributed by atoms with E-state index >= 15 is 0 Å². The molecule has 0 N–H and O–H groups in total. The van der Waals surface area contributed by atoms with Crippen LogP contribution in [0.4, 0.5) is 0 Å². The summed E-state index contributed by atoms with van der Waals surface area (Å²) in [5, 5.41) is 0. The van der Waals surface area contributed by atoms with Gasteiger partial charge in [-0.25, -0.2) is 0 Å². The van der Waals surface area contributed by atoms with Gasteiger partial charge in [-0.2, -0.15) is 0 Å². The second kappa shape index (κ2) is 5.02. The summed E-state index contributed by atoms with van der Waals surface area (Å²) in [6.07, 6.45) is -0.739. The monoisotopic (exact) mass is 325 g/mol. The lowest BCUT2D eigenvalue weighted by molar-refractivity contribution is -0.137. The summed E-state index contributed by atoms with van der Waals surface area (Å²) in [4.78, 5) is 24.8. The van der Waals surface area contributed by atoms with Gasteiger partial charge < -0.3 is 18.1 Å². The maximum Gasteiger partial charge on any atom is 0.350 e. The molecule has 0 aromatic rings. The summed E-state index contributed by atoms with van der Waals surface area (Å²) in [5.74, 6) is -1.29. The van der Waals surface area contributed by atoms with Crippen molar-refractivity contribution < 1.29 is 36.8 Å². The highest BCUT2D eigenvalue weighted by molar-refractivity contribution is 7.56. The average molecular weight is 325 g/mol. The van der Waals surface area contributed by atoms with E-state index in [9.17, 15) is 18.7 Å². The maximum atomic E-state index is 12.3. The molecule has 3 rings (SSSR count). The molecule has 3 saturated heterocycles. The van der Waals surface area contributed by atoms with E-state index in [4.69, 9.17) is 18.1 Å². The quantitative estimate of drug-likeness (QED) is 0.547. The van der Waals surface area contributed by atoms with Crippen molar-refractivity contribution in [1.29, 1.82) is 0 Å². The van der Waals surface area contributed by atoms with E-state index < -0.39 is 39.0 Å². The Hall–Kier alpha value is -0.560. The lowest BCUT2D eigenvalue weighted by Gasteiger charge is -2.19. The van der Waals surface area contributed by atoms with Crippen molar-refractivity contribution in [2.75, 3.05) is 32.7 Å². The molecule has 0 saturated carbocycles. The number of hydrogen-bond acceptors (Lipinski definition) is 8. The third-order valence-corrected chi connectivity index (χ3v) is 7.23. The second-order valence-electron chi connectivity index (χ2n) is 4.50. The van der Waals surface area contributed by atoms with Crippen molar-refractivity contribution >= 4 is 27.0 Å². The summed E-state index contributed by atoms with van der Waals surface area (Å²) >= 11 is 0. The van der Waals surface area contributed by atoms with Gasteiger partial charge in [0.05, 0.1) is 32.8 Å². The largest absolute Gasteiger partial charge is 0.350 e. The van der Waals surface area contributed by atoms with Crippen molar-refractivity contribution in [3.8, 4) is 0 Å². The Morgan fingerprint density at radius 2 is 1.55 bits per heavy atom. The highest BCUT2D eigenvalue weighted by atomic mass is 31.2. The fraction of sp³-hybridized carbons (Fsp3) is 0.778. The zero-order valence-electron chi connectivity index (χ0n) is 10.4. The first-order valence-electron chi connectivity index (χ1n) is 6.05. The van der Waals surface area contributed by atoms with Crippen LogP contribution in [0.3, 0.4) is 0 Å². The lowest BCUT2D eigenvalue weighted by Crippen LogP contribution is -2.33. The minimum Gasteiger partial charge on any atom is -0.306 e. The predicted octanol–water partition coefficient (Wildman–Crippen LogP) is 0.551. The van der Waals surface area contributed by atoms with Gasteiger partial charge in [-0.05, 0) is 0 Å². The molecule has 0 aliphatic carbocycles. The number of imide groups is 1. The molecule has 3 aliphatic heterocycles. The first-order chi connectivity index (χ1) is 9.44. The van der Waals surface area contributed by atoms with Crippen molar-refractivity contribution in [2.45, 2.75) is 12.1 Å². The highest BCUT2D eigenvalue weighted by Gasteiger charge is 2.54. The van der Waals surface area contributed by atoms with E-state index in [0.717, 1.165) is 4.90 Å². The molecule has 0 aromatic heterocycles. The first kappa shape index (κ1) is 14.4. The van der Waals surface area contributed by atoms with Gasteiger partial charge in [-0.3, -0.25) is 23.6 Å². The minimum atomic E-state index is -3.60. The number of amides is 2. The Morgan fingerprint density at radius 1 is 1.00 bits per heavy atom. The van der Waals surface area contributed by atoms with Crippen molar-refractivity contribution in [1.82, 2.24) is 4.90 Å². The van der Waals surface area contributed by atoms with Crippen molar-refractivity contribution in [3.05, 3.63) is 0 Å². The summed E-state index contributed by atoms with van der Waals surface area (Å²) < 4.78 is 44.2. The zero-order valence-corrected chi connectivity index (χ0v) is 12.2. The number of rotatable bonds is 3. The second-order valence-corrected chi connectivity index (χ2v) is 8.75. The van der Waals surface area contributed by atoms with Crippen molar-refractivity contribution in [2.24, 2.45) is 0 Å². The average Bonchev–Trinajstić information content (AvgIpc) is 3.07. The molecule has 11 heteroatoms. The van der Waals surface area contributed by atoms with E-state index in [-0.39, 0.29) is 32.8 Å². The summed E-state index contributed by atoms with van der Waals surface area (Å²) in [7, 11) is -7.06. The van der Waals surface area contributed by atoms with Gasteiger partial charge in [0.15, 0.2) is 0 Å². The van der Waals surface area contributed by atoms with Crippen LogP contribution in [0.2, 0.25) is 0 Å². The predicted molar refractivity (Wildman–Crippen MR) is 64.1 cm³/mol. The van der Waals surface area contributed by atoms with Crippen LogP contribution in [0.5, 0.6) is 0 Å². The van der Waals surface area contributed by atoms with Crippen LogP contribution < -0.4 is 0 Å². The molecule has 0 radical (unpaired) electrons. The van der Waals surface area contributed by atoms with E-state index in [1.54, 1.807) is 0 Å². The Balaban J connectivity index is 1.77. The SMILES string of the molecule is O=C1CC(P2(=O)OCCO2)C(=O)N1CP1(=O)OCCO1. The maximum absolute atomic E-state index is 12.3. The fourth-order valence-electron chi connectivity index (χ4n) is 2.25. The van der Waals surface area contributed by atoms with E-state index in [1.807, 2.05) is 0 Å². The van der Waals surface area contributed by atoms with Crippen LogP contribution in [0, 0.1) is 0 Å². The van der Waals surface area contributed by atoms with Crippen molar-refractivity contribution in [3.63, 3.8) is 0 Å². The van der Waals surface area contributed by atoms with Gasteiger partial charge in [0.25, 0.3) is 0 Å². The molecule has 3 heterocycles. The molecular formula is C9H13NO8P2. The molecule has 0 bridgehead atoms. The van der Waals surface area contributed by atoms with E-state index in [1.165, 1.54) is 0 Å². The summed E-state index contributed by atoms with van der Waals surface area (Å²) in [5.41, 5.74) is -1.16. The number of likely N-dealkylation sites (tertiary alicyclic amines) is 1. The van der Waals surface area contributed by atoms with Crippen LogP contribution in [-0.2, 0) is 36.8 Å². The Bertz CT molecular complexity index is 528. The molecule has 9 nitrogen and oxygen atoms in total. The first-order valence-corrected chi connectivity index (χ1v) is 9.39. The van der Waals surface area contributed by atoms with Gasteiger partial charge in [-0.15, -0.1) is 0 Å². The normalized spacial score (nSPS) is 32.2. The minimum absolute atomic E-state index is 0.125. The molecule has 2 amide bonds. The van der Waals surface area contributed by atoms with Gasteiger partial charge in [0.1, 0.15) is 11.9 Å². The highest BCUT2D eigenvalue weighted by Crippen LogP contribution is 2.60. The van der Waals surface area contributed by atoms with Gasteiger partial charge >= 0.3 is 15.2 Å². The molecule has 1 unspecified atom stereocenters. The van der Waals surface area contributed by atoms with Crippen LogP contribution >= 0.6 is 15.2 Å². The van der Waals surface area contributed by atoms with Crippen LogP contribution in [0.25, 0.3) is 0 Å². The molecule has 20 heavy (non-hydrogen) atoms. The number of nitrogens with zero attached hydrogens (tertiary/aromatic N) is 1. The smallest absolute Gasteiger partial charge is 0.306 e. The number of carbonyl (C=O) groups is 2. The van der Waals surface area contributed by atoms with Crippen LogP contribution in [-0.4, -0.2) is 55.1 Å². The number of carbonyl (C=O) groups excluding carboxylic acids is 2. The van der Waals surface area contributed by atoms with E-state index in [0.29, 0.717) is 0 Å². The van der Waals surface area contributed by atoms with Gasteiger partial charge in [0.2, 0.25) is 11.8 Å². The zero-order chi connectivity index (χ0) is 14.4. The Kier molecular flexibility index (Phi) is 3.61. The van der Waals surface area contributed by atoms with Gasteiger partial charge in [0, 0.05) is 0 Å². The summed E-state index contributed by atoms with van der Waals surface area (Å²) in [6, 6.07) is 0. The lowest BCUT2D eigenvalue weighted by atomic mass is 10.4. The number of hydrogen-bond donors (Lipinski definition) is 0. The Labute approximate surface area is 114 Å². The molecule has 0 aromatic carbocycles. The Morgan fingerprint density at radius 3 is 2.15 bits per heavy atom. The molecule has 3 fully saturated rings. The standard InChI is InChI=1S/C9H13NO8P2/c11-8-5-7(20(14)17-3-4-18-20)9(12)10(8)6-19(13)15-1-2-16-19/h7H,1-6H2. The fourth-order valence-corrected chi connectivity index (χ4v) is 5.72. The van der Waals surface area contributed by atoms with Crippen LogP contribution in [0.15, 0.2) is 0 Å². The van der Waals surface area contributed by atoms with E-state index in [2.05, 4.69) is 0 Å². The topological polar surface area (TPSA) is 108 Å². The third-order valence-electron chi connectivity index (χ3n) is 3.20. The van der Waals surface area contributed by atoms with Crippen LogP contribution in [0.1, 0.15) is 6.42 Å². The molecule has 3 aliphatic rings. The summed E-state index contributed by atoms with van der Waals surface area (Å²) in [6.45, 7) is 0.559. The molecular weight excluding hydrogens is 312 g/mol. The molecule has 0 spiro atoms.